The molecule has 6 aliphatic carbocycles. The first-order valence-electron chi connectivity index (χ1n) is 35.0. The smallest absolute Gasteiger partial charge is 0.171 e. The summed E-state index contributed by atoms with van der Waals surface area (Å²) in [5, 5.41) is 0. The second kappa shape index (κ2) is 56.8. The second-order valence-corrected chi connectivity index (χ2v) is 29.5. The quantitative estimate of drug-likeness (QED) is 0.241. The van der Waals surface area contributed by atoms with E-state index in [2.05, 4.69) is 55.4 Å². The van der Waals surface area contributed by atoms with Gasteiger partial charge >= 0.3 is 12.4 Å². The third kappa shape index (κ3) is 79.6. The highest BCUT2D eigenvalue weighted by Gasteiger charge is 2.40. The summed E-state index contributed by atoms with van der Waals surface area (Å²) in [6.07, 6.45) is 25.2. The molecule has 6 rings (SSSR count). The fourth-order valence-electron chi connectivity index (χ4n) is 9.54. The fourth-order valence-corrected chi connectivity index (χ4v) is 9.54. The topological polar surface area (TPSA) is 0 Å². The maximum absolute atomic E-state index is 11.5. The highest BCUT2D eigenvalue weighted by atomic mass is 19.4. The van der Waals surface area contributed by atoms with Gasteiger partial charge < -0.3 is 0 Å². The van der Waals surface area contributed by atoms with Crippen molar-refractivity contribution >= 4 is 0 Å². The van der Waals surface area contributed by atoms with Crippen LogP contribution in [0.25, 0.3) is 0 Å². The van der Waals surface area contributed by atoms with Crippen molar-refractivity contribution in [3.05, 3.63) is 0 Å². The van der Waals surface area contributed by atoms with Gasteiger partial charge in [0.25, 0.3) is 0 Å². The third-order valence-corrected chi connectivity index (χ3v) is 16.0. The lowest BCUT2D eigenvalue weighted by Gasteiger charge is -2.47. The molecule has 0 aromatic heterocycles. The molecule has 2 atom stereocenters. The first-order chi connectivity index (χ1) is 36.8. The van der Waals surface area contributed by atoms with E-state index in [1.807, 2.05) is 69.2 Å². The number of alkyl halides is 6. The van der Waals surface area contributed by atoms with Crippen LogP contribution in [0.2, 0.25) is 0 Å². The first-order valence-corrected chi connectivity index (χ1v) is 31.5. The Hall–Kier alpha value is -0.420. The van der Waals surface area contributed by atoms with Crippen LogP contribution in [-0.2, 0) is 0 Å². The van der Waals surface area contributed by atoms with Crippen molar-refractivity contribution in [1.82, 2.24) is 0 Å². The zero-order valence-corrected chi connectivity index (χ0v) is 55.7. The average molecular weight is 1220 g/mol. The van der Waals surface area contributed by atoms with Gasteiger partial charge in [0.15, 0.2) is 0 Å². The number of hydrogen-bond acceptors (Lipinski definition) is 0. The van der Waals surface area contributed by atoms with Gasteiger partial charge in [0.1, 0.15) is 0 Å². The molecule has 0 N–H and O–H groups in total. The van der Waals surface area contributed by atoms with Crippen molar-refractivity contribution in [3.8, 4) is 0 Å². The highest BCUT2D eigenvalue weighted by Crippen LogP contribution is 2.53. The van der Waals surface area contributed by atoms with Crippen molar-refractivity contribution in [2.75, 3.05) is 0 Å². The Balaban J connectivity index is -0.0000000861. The molecule has 6 aliphatic rings. The predicted molar refractivity (Wildman–Crippen MR) is 379 cm³/mol. The number of hydrogen-bond donors (Lipinski definition) is 0. The zero-order valence-electron chi connectivity index (χ0n) is 62.7. The van der Waals surface area contributed by atoms with Crippen molar-refractivity contribution in [3.63, 3.8) is 0 Å². The Kier molecular flexibility index (Phi) is 60.9. The largest absolute Gasteiger partial charge is 0.389 e. The molecule has 0 saturated heterocycles. The Morgan fingerprint density at radius 3 is 0.831 bits per heavy atom. The second-order valence-electron chi connectivity index (χ2n) is 29.5. The van der Waals surface area contributed by atoms with E-state index in [4.69, 9.17) is 9.60 Å². The molecule has 6 heteroatoms. The minimum atomic E-state index is -3.98. The van der Waals surface area contributed by atoms with Crippen LogP contribution < -0.4 is 0 Å². The van der Waals surface area contributed by atoms with Crippen LogP contribution in [0.4, 0.5) is 26.3 Å². The molecule has 0 radical (unpaired) electrons. The van der Waals surface area contributed by atoms with Gasteiger partial charge in [0, 0.05) is 22.4 Å². The van der Waals surface area contributed by atoms with Crippen LogP contribution in [0, 0.1) is 74.3 Å². The Bertz CT molecular complexity index is 1460. The van der Waals surface area contributed by atoms with Crippen molar-refractivity contribution in [1.29, 1.82) is 0 Å². The van der Waals surface area contributed by atoms with E-state index < -0.39 is 37.9 Å². The van der Waals surface area contributed by atoms with Gasteiger partial charge in [0.2, 0.25) is 0 Å². The van der Waals surface area contributed by atoms with Crippen molar-refractivity contribution in [2.24, 2.45) is 74.3 Å². The van der Waals surface area contributed by atoms with Gasteiger partial charge in [-0.3, -0.25) is 0 Å². The molecule has 0 amide bonds. The normalized spacial score (nSPS) is 22.0. The number of rotatable bonds is 5. The van der Waals surface area contributed by atoms with Crippen LogP contribution in [0.15, 0.2) is 0 Å². The maximum Gasteiger partial charge on any atom is 0.389 e. The minimum Gasteiger partial charge on any atom is -0.171 e. The highest BCUT2D eigenvalue weighted by molar-refractivity contribution is 4.92. The van der Waals surface area contributed by atoms with Crippen LogP contribution in [0.3, 0.4) is 0 Å². The summed E-state index contributed by atoms with van der Waals surface area (Å²) in [5.41, 5.74) is 2.57. The summed E-state index contributed by atoms with van der Waals surface area (Å²) < 4.78 is 120. The maximum atomic E-state index is 11.5. The van der Waals surface area contributed by atoms with E-state index in [0.717, 1.165) is 48.3 Å². The molecule has 0 aliphatic heterocycles. The summed E-state index contributed by atoms with van der Waals surface area (Å²) in [7, 11) is 0. The van der Waals surface area contributed by atoms with Crippen LogP contribution in [0.5, 0.6) is 0 Å². The lowest BCUT2D eigenvalue weighted by molar-refractivity contribution is -0.144. The molecular formula is C77H170F6. The Morgan fingerprint density at radius 1 is 0.434 bits per heavy atom. The Morgan fingerprint density at radius 2 is 0.663 bits per heavy atom. The molecule has 6 saturated carbocycles. The van der Waals surface area contributed by atoms with Gasteiger partial charge in [-0.25, -0.2) is 0 Å². The van der Waals surface area contributed by atoms with E-state index in [9.17, 15) is 26.3 Å². The standard InChI is InChI=1S/C14H26.C11H20.C7H14.2C6H11F3.C6H12.C6H14.2C5H12.C4H10.7CH4/c1-12-4-6-14(7-5-12)10-8-13(2,3)9-11-14;1-10-4-8-11(9-5-10)6-2-3-7-11;1-7-5-3-2-4-6-7;2*1-3-5(2)4-6(7,8)9;1-6-4-2-3-5-6;1-5-6(2,3)4;1-5(2,3)4;1-4-5(2)3;1-4(2)3;;;;;;;/h12H,4-11H2,1-3H3;10H,2-9H2,1H3;7H,2-6H2,1H3;2*5H,3-4H2,1-2H3;6H,2-5H2,1H3;5H2,1-4H3;1-4H3;5H,4H2,1-3H3;4H,1-3H3;7*1H4/i;;7D;;;6D;5D2;;4D2;4D;;;;;;;. The van der Waals surface area contributed by atoms with Crippen LogP contribution in [-0.4, -0.2) is 12.4 Å². The van der Waals surface area contributed by atoms with Gasteiger partial charge in [-0.15, -0.1) is 0 Å². The minimum absolute atomic E-state index is 0. The van der Waals surface area contributed by atoms with Crippen LogP contribution >= 0.6 is 0 Å². The van der Waals surface area contributed by atoms with Crippen molar-refractivity contribution < 1.29 is 35.9 Å². The molecule has 520 valence electrons. The van der Waals surface area contributed by atoms with Gasteiger partial charge in [-0.2, -0.15) is 26.3 Å². The van der Waals surface area contributed by atoms with Gasteiger partial charge in [0.05, 0.1) is 0 Å². The fraction of sp³-hybridized carbons (Fsp3) is 1.00. The number of halogens is 6. The molecule has 0 aromatic rings. The molecule has 2 unspecified atom stereocenters. The lowest BCUT2D eigenvalue weighted by atomic mass is 9.59. The third-order valence-electron chi connectivity index (χ3n) is 16.0. The summed E-state index contributed by atoms with van der Waals surface area (Å²) in [5.74, 6) is 1.33. The molecule has 0 heterocycles. The van der Waals surface area contributed by atoms with Gasteiger partial charge in [-0.1, -0.05) is 340 Å². The molecular weight excluding hydrogens is 1040 g/mol. The molecule has 0 bridgehead atoms. The SMILES string of the molecule is C.C.C.C.C.C.C.CC(C)(C)C.CC1CCC2(CC1)CCC(C)(C)CC2.CC1CCC2(CCCC2)CC1.CCC(C)CC(F)(F)F.CCC(C)CC(F)(F)F.[2H]C(C)(C)C.[2H]C([2H])(C)C(C)(C)C.[2H]C([2H])(C)C(C)C.[2H]C1(C)CCCC1.[2H]C1(C)CCCCC1. The van der Waals surface area contributed by atoms with Crippen LogP contribution in [0.1, 0.15) is 427 Å². The monoisotopic (exact) mass is 1220 g/mol. The first kappa shape index (κ1) is 89.0. The van der Waals surface area contributed by atoms with E-state index in [0.29, 0.717) is 23.7 Å². The summed E-state index contributed by atoms with van der Waals surface area (Å²) in [6.45, 7) is 47.5. The summed E-state index contributed by atoms with van der Waals surface area (Å²) in [6, 6.07) is 0. The molecule has 83 heavy (non-hydrogen) atoms. The Labute approximate surface area is 537 Å². The lowest BCUT2D eigenvalue weighted by Crippen LogP contribution is -2.34. The van der Waals surface area contributed by atoms with Gasteiger partial charge in [-0.05, 0) is 139 Å². The molecule has 0 aromatic carbocycles. The van der Waals surface area contributed by atoms with E-state index in [-0.39, 0.29) is 92.8 Å². The summed E-state index contributed by atoms with van der Waals surface area (Å²) >= 11 is 0. The van der Waals surface area contributed by atoms with E-state index >= 15 is 0 Å². The average Bonchev–Trinajstić information content (AvgIpc) is 3.93. The molecule has 0 nitrogen and oxygen atoms in total. The molecule has 2 spiro atoms. The zero-order chi connectivity index (χ0) is 66.4. The van der Waals surface area contributed by atoms with E-state index in [1.54, 1.807) is 67.2 Å². The van der Waals surface area contributed by atoms with E-state index in [1.165, 1.54) is 109 Å². The predicted octanol–water partition coefficient (Wildman–Crippen LogP) is 32.0. The summed E-state index contributed by atoms with van der Waals surface area (Å²) in [4.78, 5) is 0. The van der Waals surface area contributed by atoms with Crippen molar-refractivity contribution in [2.45, 2.75) is 429 Å². The molecule has 6 fully saturated rings.